The van der Waals surface area contributed by atoms with Crippen molar-refractivity contribution in [3.8, 4) is 0 Å². The summed E-state index contributed by atoms with van der Waals surface area (Å²) in [6, 6.07) is 5.61. The molecule has 3 heterocycles. The molecule has 2 aromatic rings. The maximum Gasteiger partial charge on any atom is 0.256 e. The first-order valence-corrected chi connectivity index (χ1v) is 9.01. The Labute approximate surface area is 151 Å². The number of ether oxygens (including phenoxy) is 1. The summed E-state index contributed by atoms with van der Waals surface area (Å²) in [5.74, 6) is 0.120. The van der Waals surface area contributed by atoms with Crippen LogP contribution in [0.4, 0.5) is 0 Å². The fourth-order valence-electron chi connectivity index (χ4n) is 3.53. The summed E-state index contributed by atoms with van der Waals surface area (Å²) in [6.07, 6.45) is 1.72. The van der Waals surface area contributed by atoms with Crippen LogP contribution in [-0.4, -0.2) is 95.7 Å². The molecule has 0 saturated carbocycles. The number of H-pyrrole nitrogens is 1. The molecular weight excluding hydrogens is 334 g/mol. The highest BCUT2D eigenvalue weighted by Crippen LogP contribution is 2.18. The first-order chi connectivity index (χ1) is 12.7. The Morgan fingerprint density at radius 2 is 1.77 bits per heavy atom. The molecule has 2 saturated heterocycles. The molecule has 0 radical (unpaired) electrons. The van der Waals surface area contributed by atoms with Gasteiger partial charge in [0, 0.05) is 44.7 Å². The summed E-state index contributed by atoms with van der Waals surface area (Å²) in [7, 11) is 0. The van der Waals surface area contributed by atoms with Gasteiger partial charge in [-0.3, -0.25) is 19.6 Å². The maximum atomic E-state index is 12.9. The summed E-state index contributed by atoms with van der Waals surface area (Å²) in [4.78, 5) is 31.1. The highest BCUT2D eigenvalue weighted by molar-refractivity contribution is 6.05. The predicted molar refractivity (Wildman–Crippen MR) is 95.8 cm³/mol. The monoisotopic (exact) mass is 357 g/mol. The standard InChI is InChI=1S/C18H23N5O3/c24-16(13-21-8-10-26-11-9-21)22-4-6-23(7-5-22)18(25)15-3-1-2-14-12-19-20-17(14)15/h1-3,12H,4-11,13H2,(H,19,20). The molecule has 1 aromatic heterocycles. The van der Waals surface area contributed by atoms with Crippen LogP contribution >= 0.6 is 0 Å². The minimum Gasteiger partial charge on any atom is -0.379 e. The van der Waals surface area contributed by atoms with E-state index in [1.807, 2.05) is 28.0 Å². The number of nitrogens with zero attached hydrogens (tertiary/aromatic N) is 4. The first kappa shape index (κ1) is 17.0. The number of carbonyl (C=O) groups is 2. The quantitative estimate of drug-likeness (QED) is 0.847. The Morgan fingerprint density at radius 3 is 2.54 bits per heavy atom. The molecule has 0 bridgehead atoms. The second-order valence-electron chi connectivity index (χ2n) is 6.70. The number of aromatic nitrogens is 2. The summed E-state index contributed by atoms with van der Waals surface area (Å²) in [5.41, 5.74) is 1.40. The van der Waals surface area contributed by atoms with Crippen molar-refractivity contribution in [3.63, 3.8) is 0 Å². The fourth-order valence-corrected chi connectivity index (χ4v) is 3.53. The molecular formula is C18H23N5O3. The number of fused-ring (bicyclic) bond motifs is 1. The molecule has 2 fully saturated rings. The molecule has 26 heavy (non-hydrogen) atoms. The lowest BCUT2D eigenvalue weighted by Gasteiger charge is -2.36. The Balaban J connectivity index is 1.35. The number of piperazine rings is 1. The number of carbonyl (C=O) groups excluding carboxylic acids is 2. The van der Waals surface area contributed by atoms with E-state index in [4.69, 9.17) is 4.74 Å². The molecule has 0 spiro atoms. The average molecular weight is 357 g/mol. The maximum absolute atomic E-state index is 12.9. The zero-order valence-electron chi connectivity index (χ0n) is 14.7. The molecule has 2 amide bonds. The summed E-state index contributed by atoms with van der Waals surface area (Å²) in [5, 5.41) is 7.85. The molecule has 138 valence electrons. The van der Waals surface area contributed by atoms with Gasteiger partial charge in [0.25, 0.3) is 5.91 Å². The van der Waals surface area contributed by atoms with Crippen molar-refractivity contribution in [2.75, 3.05) is 59.0 Å². The van der Waals surface area contributed by atoms with E-state index in [0.717, 1.165) is 24.0 Å². The highest BCUT2D eigenvalue weighted by Gasteiger charge is 2.27. The number of rotatable bonds is 3. The normalized spacial score (nSPS) is 19.1. The van der Waals surface area contributed by atoms with Crippen molar-refractivity contribution in [1.29, 1.82) is 0 Å². The molecule has 8 heteroatoms. The minimum atomic E-state index is -0.0138. The smallest absolute Gasteiger partial charge is 0.256 e. The topological polar surface area (TPSA) is 81.8 Å². The Bertz CT molecular complexity index is 791. The first-order valence-electron chi connectivity index (χ1n) is 9.01. The van der Waals surface area contributed by atoms with E-state index < -0.39 is 0 Å². The van der Waals surface area contributed by atoms with Crippen molar-refractivity contribution >= 4 is 22.7 Å². The predicted octanol–water partition coefficient (Wildman–Crippen LogP) is 0.180. The van der Waals surface area contributed by atoms with E-state index in [9.17, 15) is 9.59 Å². The lowest BCUT2D eigenvalue weighted by atomic mass is 10.1. The molecule has 4 rings (SSSR count). The molecule has 0 unspecified atom stereocenters. The molecule has 1 aromatic carbocycles. The number of benzene rings is 1. The minimum absolute atomic E-state index is 0.0138. The Hall–Kier alpha value is -2.45. The van der Waals surface area contributed by atoms with Crippen LogP contribution in [0.2, 0.25) is 0 Å². The van der Waals surface area contributed by atoms with Gasteiger partial charge in [-0.25, -0.2) is 0 Å². The summed E-state index contributed by atoms with van der Waals surface area (Å²) in [6.45, 7) is 5.68. The summed E-state index contributed by atoms with van der Waals surface area (Å²) >= 11 is 0. The lowest BCUT2D eigenvalue weighted by molar-refractivity contribution is -0.134. The van der Waals surface area contributed by atoms with Crippen LogP contribution < -0.4 is 0 Å². The van der Waals surface area contributed by atoms with Crippen molar-refractivity contribution in [3.05, 3.63) is 30.0 Å². The van der Waals surface area contributed by atoms with Crippen molar-refractivity contribution < 1.29 is 14.3 Å². The number of nitrogens with one attached hydrogen (secondary N) is 1. The molecule has 1 N–H and O–H groups in total. The summed E-state index contributed by atoms with van der Waals surface area (Å²) < 4.78 is 5.32. The van der Waals surface area contributed by atoms with Gasteiger partial charge < -0.3 is 14.5 Å². The van der Waals surface area contributed by atoms with Gasteiger partial charge in [0.15, 0.2) is 0 Å². The van der Waals surface area contributed by atoms with E-state index >= 15 is 0 Å². The molecule has 0 aliphatic carbocycles. The van der Waals surface area contributed by atoms with Crippen molar-refractivity contribution in [2.24, 2.45) is 0 Å². The Morgan fingerprint density at radius 1 is 1.04 bits per heavy atom. The van der Waals surface area contributed by atoms with Crippen LogP contribution in [0.3, 0.4) is 0 Å². The number of aromatic amines is 1. The van der Waals surface area contributed by atoms with Gasteiger partial charge in [-0.15, -0.1) is 0 Å². The van der Waals surface area contributed by atoms with Crippen LogP contribution in [0.1, 0.15) is 10.4 Å². The zero-order valence-corrected chi connectivity index (χ0v) is 14.7. The number of para-hydroxylation sites is 1. The highest BCUT2D eigenvalue weighted by atomic mass is 16.5. The van der Waals surface area contributed by atoms with Gasteiger partial charge >= 0.3 is 0 Å². The van der Waals surface area contributed by atoms with Crippen LogP contribution in [0.5, 0.6) is 0 Å². The largest absolute Gasteiger partial charge is 0.379 e. The average Bonchev–Trinajstić information content (AvgIpc) is 3.17. The van der Waals surface area contributed by atoms with Gasteiger partial charge in [-0.2, -0.15) is 5.10 Å². The second-order valence-corrected chi connectivity index (χ2v) is 6.70. The third kappa shape index (κ3) is 3.42. The third-order valence-electron chi connectivity index (χ3n) is 5.09. The van der Waals surface area contributed by atoms with E-state index in [-0.39, 0.29) is 11.8 Å². The van der Waals surface area contributed by atoms with Crippen LogP contribution in [-0.2, 0) is 9.53 Å². The lowest BCUT2D eigenvalue weighted by Crippen LogP contribution is -2.53. The fraction of sp³-hybridized carbons (Fsp3) is 0.500. The van der Waals surface area contributed by atoms with Gasteiger partial charge in [-0.1, -0.05) is 12.1 Å². The second kappa shape index (κ2) is 7.43. The molecule has 0 atom stereocenters. The Kier molecular flexibility index (Phi) is 4.85. The molecule has 8 nitrogen and oxygen atoms in total. The van der Waals surface area contributed by atoms with Crippen molar-refractivity contribution in [2.45, 2.75) is 0 Å². The van der Waals surface area contributed by atoms with E-state index in [1.165, 1.54) is 0 Å². The van der Waals surface area contributed by atoms with E-state index in [0.29, 0.717) is 51.5 Å². The SMILES string of the molecule is O=C(CN1CCOCC1)N1CCN(C(=O)c2cccc3cn[nH]c23)CC1. The molecule has 2 aliphatic heterocycles. The van der Waals surface area contributed by atoms with Gasteiger partial charge in [0.1, 0.15) is 0 Å². The van der Waals surface area contributed by atoms with Gasteiger partial charge in [0.2, 0.25) is 5.91 Å². The van der Waals surface area contributed by atoms with E-state index in [1.54, 1.807) is 6.20 Å². The zero-order chi connectivity index (χ0) is 17.9. The number of hydrogen-bond acceptors (Lipinski definition) is 5. The van der Waals surface area contributed by atoms with Crippen LogP contribution in [0.25, 0.3) is 10.9 Å². The number of amides is 2. The van der Waals surface area contributed by atoms with Crippen LogP contribution in [0, 0.1) is 0 Å². The van der Waals surface area contributed by atoms with E-state index in [2.05, 4.69) is 15.1 Å². The van der Waals surface area contributed by atoms with Crippen LogP contribution in [0.15, 0.2) is 24.4 Å². The third-order valence-corrected chi connectivity index (χ3v) is 5.09. The number of morpholine rings is 1. The number of hydrogen-bond donors (Lipinski definition) is 1. The van der Waals surface area contributed by atoms with Gasteiger partial charge in [0.05, 0.1) is 37.0 Å². The molecule has 2 aliphatic rings. The van der Waals surface area contributed by atoms with Crippen molar-refractivity contribution in [1.82, 2.24) is 24.9 Å². The van der Waals surface area contributed by atoms with Gasteiger partial charge in [-0.05, 0) is 6.07 Å².